The minimum atomic E-state index is -1.16. The minimum Gasteiger partial charge on any atom is -0.508 e. The first-order chi connectivity index (χ1) is 7.57. The Balaban J connectivity index is 2.05. The van der Waals surface area contributed by atoms with E-state index in [4.69, 9.17) is 10.8 Å². The van der Waals surface area contributed by atoms with Crippen LogP contribution in [0.25, 0.3) is 0 Å². The molecule has 0 heterocycles. The highest BCUT2D eigenvalue weighted by Gasteiger charge is 2.35. The Hall–Kier alpha value is -1.09. The van der Waals surface area contributed by atoms with Crippen molar-refractivity contribution in [3.05, 3.63) is 29.8 Å². The van der Waals surface area contributed by atoms with Crippen molar-refractivity contribution in [2.45, 2.75) is 43.8 Å². The first kappa shape index (κ1) is 11.4. The first-order valence-corrected chi connectivity index (χ1v) is 5.80. The maximum Gasteiger partial charge on any atom is 0.116 e. The van der Waals surface area contributed by atoms with Crippen molar-refractivity contribution in [1.82, 2.24) is 0 Å². The molecule has 2 atom stereocenters. The summed E-state index contributed by atoms with van der Waals surface area (Å²) in [4.78, 5) is 0. The molecule has 1 aliphatic carbocycles. The summed E-state index contributed by atoms with van der Waals surface area (Å²) in [6.07, 6.45) is 3.26. The first-order valence-electron chi connectivity index (χ1n) is 5.80. The van der Waals surface area contributed by atoms with Gasteiger partial charge in [0.1, 0.15) is 11.4 Å². The summed E-state index contributed by atoms with van der Waals surface area (Å²) in [7, 11) is 0. The van der Waals surface area contributed by atoms with E-state index in [-0.39, 0.29) is 11.8 Å². The Bertz CT molecular complexity index is 351. The van der Waals surface area contributed by atoms with Gasteiger partial charge in [0.2, 0.25) is 0 Å². The van der Waals surface area contributed by atoms with E-state index in [9.17, 15) is 4.39 Å². The fourth-order valence-electron chi connectivity index (χ4n) is 2.50. The molecule has 1 saturated carbocycles. The number of aromatic hydroxyl groups is 1. The molecule has 0 aromatic heterocycles. The number of hydrogen-bond donors (Lipinski definition) is 2. The lowest BCUT2D eigenvalue weighted by Crippen LogP contribution is -2.39. The van der Waals surface area contributed by atoms with Gasteiger partial charge in [-0.25, -0.2) is 4.39 Å². The standard InChI is InChI=1S/C13H18FNO/c14-13(7-1-2-11(15)9-13)8-10-3-5-12(16)6-4-10/h3-6,11,16H,1-2,7-9,15H2. The zero-order valence-corrected chi connectivity index (χ0v) is 9.32. The van der Waals surface area contributed by atoms with Crippen LogP contribution in [-0.4, -0.2) is 16.8 Å². The molecule has 3 heteroatoms. The third kappa shape index (κ3) is 2.73. The van der Waals surface area contributed by atoms with Crippen LogP contribution in [0.3, 0.4) is 0 Å². The lowest BCUT2D eigenvalue weighted by molar-refractivity contribution is 0.0965. The van der Waals surface area contributed by atoms with Gasteiger partial charge in [-0.2, -0.15) is 0 Å². The highest BCUT2D eigenvalue weighted by molar-refractivity contribution is 5.27. The number of nitrogens with two attached hydrogens (primary N) is 1. The highest BCUT2D eigenvalue weighted by atomic mass is 19.1. The maximum atomic E-state index is 14.5. The van der Waals surface area contributed by atoms with Crippen LogP contribution in [0.2, 0.25) is 0 Å². The molecule has 1 aromatic carbocycles. The van der Waals surface area contributed by atoms with Crippen molar-refractivity contribution in [3.8, 4) is 5.75 Å². The third-order valence-electron chi connectivity index (χ3n) is 3.29. The molecule has 0 amide bonds. The van der Waals surface area contributed by atoms with Crippen LogP contribution >= 0.6 is 0 Å². The van der Waals surface area contributed by atoms with E-state index in [0.29, 0.717) is 19.3 Å². The number of halogens is 1. The molecule has 0 spiro atoms. The second-order valence-electron chi connectivity index (χ2n) is 4.85. The van der Waals surface area contributed by atoms with Gasteiger partial charge >= 0.3 is 0 Å². The number of alkyl halides is 1. The molecule has 2 rings (SSSR count). The van der Waals surface area contributed by atoms with Crippen LogP contribution in [0.15, 0.2) is 24.3 Å². The van der Waals surface area contributed by atoms with Crippen LogP contribution in [0.1, 0.15) is 31.2 Å². The monoisotopic (exact) mass is 223 g/mol. The zero-order valence-electron chi connectivity index (χ0n) is 9.32. The van der Waals surface area contributed by atoms with Crippen molar-refractivity contribution in [1.29, 1.82) is 0 Å². The van der Waals surface area contributed by atoms with Crippen molar-refractivity contribution < 1.29 is 9.50 Å². The second-order valence-corrected chi connectivity index (χ2v) is 4.85. The number of benzene rings is 1. The summed E-state index contributed by atoms with van der Waals surface area (Å²) >= 11 is 0. The summed E-state index contributed by atoms with van der Waals surface area (Å²) in [5.74, 6) is 0.219. The van der Waals surface area contributed by atoms with Crippen LogP contribution in [0.5, 0.6) is 5.75 Å². The summed E-state index contributed by atoms with van der Waals surface area (Å²) in [6, 6.07) is 6.74. The maximum absolute atomic E-state index is 14.5. The predicted octanol–water partition coefficient (Wildman–Crippen LogP) is 2.54. The lowest BCUT2D eigenvalue weighted by Gasteiger charge is -2.33. The van der Waals surface area contributed by atoms with Crippen LogP contribution in [-0.2, 0) is 6.42 Å². The Morgan fingerprint density at radius 2 is 2.06 bits per heavy atom. The van der Waals surface area contributed by atoms with E-state index in [1.54, 1.807) is 24.3 Å². The normalized spacial score (nSPS) is 30.2. The Labute approximate surface area is 95.3 Å². The predicted molar refractivity (Wildman–Crippen MR) is 62.1 cm³/mol. The number of phenols is 1. The second kappa shape index (κ2) is 4.42. The zero-order chi connectivity index (χ0) is 11.6. The smallest absolute Gasteiger partial charge is 0.116 e. The van der Waals surface area contributed by atoms with Gasteiger partial charge in [0.15, 0.2) is 0 Å². The molecule has 2 unspecified atom stereocenters. The van der Waals surface area contributed by atoms with E-state index >= 15 is 0 Å². The summed E-state index contributed by atoms with van der Waals surface area (Å²) in [5, 5.41) is 9.16. The minimum absolute atomic E-state index is 0.00383. The SMILES string of the molecule is NC1CCCC(F)(Cc2ccc(O)cc2)C1. The number of hydrogen-bond acceptors (Lipinski definition) is 2. The van der Waals surface area contributed by atoms with Gasteiger partial charge in [-0.3, -0.25) is 0 Å². The Kier molecular flexibility index (Phi) is 3.15. The molecule has 1 aliphatic rings. The average Bonchev–Trinajstić information content (AvgIpc) is 2.21. The molecule has 3 N–H and O–H groups in total. The van der Waals surface area contributed by atoms with Gasteiger partial charge < -0.3 is 10.8 Å². The van der Waals surface area contributed by atoms with Gasteiger partial charge in [-0.15, -0.1) is 0 Å². The molecular formula is C13H18FNO. The molecular weight excluding hydrogens is 205 g/mol. The van der Waals surface area contributed by atoms with Crippen LogP contribution in [0.4, 0.5) is 4.39 Å². The molecule has 0 aliphatic heterocycles. The van der Waals surface area contributed by atoms with Gasteiger partial charge in [-0.1, -0.05) is 12.1 Å². The van der Waals surface area contributed by atoms with E-state index in [1.807, 2.05) is 0 Å². The van der Waals surface area contributed by atoms with Crippen molar-refractivity contribution in [2.75, 3.05) is 0 Å². The summed E-state index contributed by atoms with van der Waals surface area (Å²) in [6.45, 7) is 0. The molecule has 0 bridgehead atoms. The van der Waals surface area contributed by atoms with E-state index < -0.39 is 5.67 Å². The summed E-state index contributed by atoms with van der Waals surface area (Å²) in [5.41, 5.74) is 5.58. The third-order valence-corrected chi connectivity index (χ3v) is 3.29. The van der Waals surface area contributed by atoms with Crippen LogP contribution in [0, 0.1) is 0 Å². The van der Waals surface area contributed by atoms with Crippen molar-refractivity contribution in [3.63, 3.8) is 0 Å². The van der Waals surface area contributed by atoms with Gasteiger partial charge in [0.05, 0.1) is 0 Å². The molecule has 88 valence electrons. The van der Waals surface area contributed by atoms with Gasteiger partial charge in [0.25, 0.3) is 0 Å². The van der Waals surface area contributed by atoms with Crippen molar-refractivity contribution >= 4 is 0 Å². The summed E-state index contributed by atoms with van der Waals surface area (Å²) < 4.78 is 14.5. The Morgan fingerprint density at radius 1 is 1.38 bits per heavy atom. The fourth-order valence-corrected chi connectivity index (χ4v) is 2.50. The lowest BCUT2D eigenvalue weighted by atomic mass is 9.80. The van der Waals surface area contributed by atoms with E-state index in [2.05, 4.69) is 0 Å². The fraction of sp³-hybridized carbons (Fsp3) is 0.538. The van der Waals surface area contributed by atoms with Crippen molar-refractivity contribution in [2.24, 2.45) is 5.73 Å². The van der Waals surface area contributed by atoms with Gasteiger partial charge in [0, 0.05) is 12.5 Å². The molecule has 0 saturated heterocycles. The molecule has 1 fully saturated rings. The molecule has 16 heavy (non-hydrogen) atoms. The average molecular weight is 223 g/mol. The number of rotatable bonds is 2. The highest BCUT2D eigenvalue weighted by Crippen LogP contribution is 2.34. The molecule has 2 nitrogen and oxygen atoms in total. The van der Waals surface area contributed by atoms with E-state index in [1.165, 1.54) is 0 Å². The van der Waals surface area contributed by atoms with Crippen LogP contribution < -0.4 is 5.73 Å². The quantitative estimate of drug-likeness (QED) is 0.809. The molecule has 1 aromatic rings. The van der Waals surface area contributed by atoms with E-state index in [0.717, 1.165) is 18.4 Å². The number of phenolic OH excluding ortho intramolecular Hbond substituents is 1. The Morgan fingerprint density at radius 3 is 2.69 bits per heavy atom. The van der Waals surface area contributed by atoms with Gasteiger partial charge in [-0.05, 0) is 43.4 Å². The largest absolute Gasteiger partial charge is 0.508 e. The molecule has 0 radical (unpaired) electrons. The topological polar surface area (TPSA) is 46.2 Å².